The number of hydrogen-bond donors (Lipinski definition) is 1. The molecule has 0 saturated carbocycles. The van der Waals surface area contributed by atoms with Gasteiger partial charge in [-0.2, -0.15) is 0 Å². The lowest BCUT2D eigenvalue weighted by molar-refractivity contribution is 0.0819. The molecule has 1 aliphatic heterocycles. The summed E-state index contributed by atoms with van der Waals surface area (Å²) >= 11 is 1.79. The third-order valence-electron chi connectivity index (χ3n) is 3.76. The average molecular weight is 313 g/mol. The maximum absolute atomic E-state index is 5.43. The molecule has 0 aromatic carbocycles. The molecule has 0 spiro atoms. The van der Waals surface area contributed by atoms with Crippen LogP contribution in [0.5, 0.6) is 0 Å². The Kier molecular flexibility index (Phi) is 6.41. The van der Waals surface area contributed by atoms with Crippen LogP contribution in [0.25, 0.3) is 0 Å². The normalized spacial score (nSPS) is 16.9. The largest absolute Gasteiger partial charge is 0.381 e. The SMILES string of the molecule is COCc1nc(N2CCC(OC)CC2)sc1CNC(C)C. The minimum atomic E-state index is 0.404. The standard InChI is InChI=1S/C15H27N3O2S/c1-11(2)16-9-14-13(10-19-3)17-15(21-14)18-7-5-12(20-4)6-8-18/h11-12,16H,5-10H2,1-4H3. The first-order chi connectivity index (χ1) is 10.1. The predicted molar refractivity (Wildman–Crippen MR) is 87.0 cm³/mol. The van der Waals surface area contributed by atoms with Gasteiger partial charge >= 0.3 is 0 Å². The highest BCUT2D eigenvalue weighted by Gasteiger charge is 2.22. The monoisotopic (exact) mass is 313 g/mol. The Balaban J connectivity index is 2.04. The number of anilines is 1. The van der Waals surface area contributed by atoms with Gasteiger partial charge in [-0.3, -0.25) is 0 Å². The molecule has 1 saturated heterocycles. The summed E-state index contributed by atoms with van der Waals surface area (Å²) in [5.41, 5.74) is 1.07. The maximum atomic E-state index is 5.43. The zero-order valence-electron chi connectivity index (χ0n) is 13.5. The van der Waals surface area contributed by atoms with Crippen molar-refractivity contribution in [3.05, 3.63) is 10.6 Å². The summed E-state index contributed by atoms with van der Waals surface area (Å²) in [6.45, 7) is 7.81. The summed E-state index contributed by atoms with van der Waals surface area (Å²) in [6.07, 6.45) is 2.56. The summed E-state index contributed by atoms with van der Waals surface area (Å²) in [7, 11) is 3.53. The number of methoxy groups -OCH3 is 2. The first kappa shape index (κ1) is 16.7. The van der Waals surface area contributed by atoms with Crippen LogP contribution >= 0.6 is 11.3 Å². The highest BCUT2D eigenvalue weighted by molar-refractivity contribution is 7.15. The summed E-state index contributed by atoms with van der Waals surface area (Å²) in [6, 6.07) is 0.475. The number of aromatic nitrogens is 1. The highest BCUT2D eigenvalue weighted by atomic mass is 32.1. The number of piperidine rings is 1. The predicted octanol–water partition coefficient (Wildman–Crippen LogP) is 2.40. The van der Waals surface area contributed by atoms with E-state index >= 15 is 0 Å². The van der Waals surface area contributed by atoms with E-state index in [0.29, 0.717) is 18.8 Å². The Morgan fingerprint density at radius 2 is 2.05 bits per heavy atom. The molecule has 1 N–H and O–H groups in total. The Morgan fingerprint density at radius 3 is 2.62 bits per heavy atom. The molecule has 1 fully saturated rings. The van der Waals surface area contributed by atoms with E-state index in [-0.39, 0.29) is 0 Å². The van der Waals surface area contributed by atoms with Gasteiger partial charge in [0.15, 0.2) is 5.13 Å². The molecule has 1 aliphatic rings. The number of ether oxygens (including phenoxy) is 2. The summed E-state index contributed by atoms with van der Waals surface area (Å²) in [4.78, 5) is 8.45. The second kappa shape index (κ2) is 8.08. The van der Waals surface area contributed by atoms with E-state index in [4.69, 9.17) is 14.5 Å². The second-order valence-electron chi connectivity index (χ2n) is 5.76. The molecule has 5 nitrogen and oxygen atoms in total. The third-order valence-corrected chi connectivity index (χ3v) is 4.92. The van der Waals surface area contributed by atoms with Gasteiger partial charge in [0.25, 0.3) is 0 Å². The van der Waals surface area contributed by atoms with Gasteiger partial charge in [0, 0.05) is 44.8 Å². The highest BCUT2D eigenvalue weighted by Crippen LogP contribution is 2.29. The molecule has 1 aromatic heterocycles. The fourth-order valence-electron chi connectivity index (χ4n) is 2.47. The van der Waals surface area contributed by atoms with Gasteiger partial charge in [-0.05, 0) is 12.8 Å². The maximum Gasteiger partial charge on any atom is 0.185 e. The van der Waals surface area contributed by atoms with Crippen molar-refractivity contribution >= 4 is 16.5 Å². The van der Waals surface area contributed by atoms with Crippen molar-refractivity contribution in [2.45, 2.75) is 52.0 Å². The molecule has 1 aromatic rings. The van der Waals surface area contributed by atoms with E-state index < -0.39 is 0 Å². The molecule has 6 heteroatoms. The van der Waals surface area contributed by atoms with Crippen molar-refractivity contribution in [2.24, 2.45) is 0 Å². The summed E-state index contributed by atoms with van der Waals surface area (Å²) in [5, 5.41) is 4.59. The van der Waals surface area contributed by atoms with Gasteiger partial charge in [-0.25, -0.2) is 4.98 Å². The van der Waals surface area contributed by atoms with Crippen LogP contribution in [-0.2, 0) is 22.6 Å². The lowest BCUT2D eigenvalue weighted by Crippen LogP contribution is -2.36. The molecule has 0 atom stereocenters. The Morgan fingerprint density at radius 1 is 1.33 bits per heavy atom. The Labute approximate surface area is 131 Å². The van der Waals surface area contributed by atoms with Crippen molar-refractivity contribution in [3.8, 4) is 0 Å². The van der Waals surface area contributed by atoms with Crippen LogP contribution in [0, 0.1) is 0 Å². The van der Waals surface area contributed by atoms with E-state index in [9.17, 15) is 0 Å². The van der Waals surface area contributed by atoms with Crippen molar-refractivity contribution in [3.63, 3.8) is 0 Å². The molecule has 120 valence electrons. The Bertz CT molecular complexity index is 429. The van der Waals surface area contributed by atoms with Crippen LogP contribution in [0.4, 0.5) is 5.13 Å². The molecular formula is C15H27N3O2S. The molecule has 0 aliphatic carbocycles. The van der Waals surface area contributed by atoms with Crippen LogP contribution in [0.15, 0.2) is 0 Å². The van der Waals surface area contributed by atoms with Crippen molar-refractivity contribution in [1.29, 1.82) is 0 Å². The fourth-order valence-corrected chi connectivity index (χ4v) is 3.54. The number of hydrogen-bond acceptors (Lipinski definition) is 6. The third kappa shape index (κ3) is 4.64. The number of thiazole rings is 1. The first-order valence-corrected chi connectivity index (χ1v) is 8.44. The van der Waals surface area contributed by atoms with Crippen molar-refractivity contribution < 1.29 is 9.47 Å². The van der Waals surface area contributed by atoms with Gasteiger partial charge in [0.1, 0.15) is 0 Å². The number of nitrogens with one attached hydrogen (secondary N) is 1. The van der Waals surface area contributed by atoms with Gasteiger partial charge in [0.2, 0.25) is 0 Å². The average Bonchev–Trinajstić information content (AvgIpc) is 2.89. The second-order valence-corrected chi connectivity index (χ2v) is 6.82. The van der Waals surface area contributed by atoms with E-state index in [1.54, 1.807) is 25.6 Å². The van der Waals surface area contributed by atoms with Crippen molar-refractivity contribution in [1.82, 2.24) is 10.3 Å². The van der Waals surface area contributed by atoms with E-state index in [2.05, 4.69) is 24.1 Å². The van der Waals surface area contributed by atoms with Crippen molar-refractivity contribution in [2.75, 3.05) is 32.2 Å². The lowest BCUT2D eigenvalue weighted by Gasteiger charge is -2.30. The molecule has 0 bridgehead atoms. The van der Waals surface area contributed by atoms with Crippen LogP contribution in [0.3, 0.4) is 0 Å². The molecule has 21 heavy (non-hydrogen) atoms. The zero-order valence-corrected chi connectivity index (χ0v) is 14.3. The fraction of sp³-hybridized carbons (Fsp3) is 0.800. The molecule has 0 unspecified atom stereocenters. The van der Waals surface area contributed by atoms with Gasteiger partial charge in [-0.15, -0.1) is 11.3 Å². The van der Waals surface area contributed by atoms with Gasteiger partial charge < -0.3 is 19.7 Å². The molecule has 0 amide bonds. The molecule has 2 heterocycles. The van der Waals surface area contributed by atoms with E-state index in [1.807, 2.05) is 0 Å². The summed E-state index contributed by atoms with van der Waals surface area (Å²) < 4.78 is 10.7. The van der Waals surface area contributed by atoms with Gasteiger partial charge in [-0.1, -0.05) is 13.8 Å². The molecular weight excluding hydrogens is 286 g/mol. The molecule has 2 rings (SSSR count). The van der Waals surface area contributed by atoms with E-state index in [0.717, 1.165) is 43.3 Å². The number of nitrogens with zero attached hydrogens (tertiary/aromatic N) is 2. The molecule has 0 radical (unpaired) electrons. The Hall–Kier alpha value is -0.690. The van der Waals surface area contributed by atoms with Crippen LogP contribution in [0.2, 0.25) is 0 Å². The van der Waals surface area contributed by atoms with E-state index in [1.165, 1.54) is 4.88 Å². The van der Waals surface area contributed by atoms with Crippen LogP contribution < -0.4 is 10.2 Å². The smallest absolute Gasteiger partial charge is 0.185 e. The minimum absolute atomic E-state index is 0.404. The zero-order chi connectivity index (χ0) is 15.2. The quantitative estimate of drug-likeness (QED) is 0.837. The number of rotatable bonds is 7. The van der Waals surface area contributed by atoms with Gasteiger partial charge in [0.05, 0.1) is 18.4 Å². The van der Waals surface area contributed by atoms with Crippen LogP contribution in [-0.4, -0.2) is 44.4 Å². The minimum Gasteiger partial charge on any atom is -0.381 e. The topological polar surface area (TPSA) is 46.6 Å². The van der Waals surface area contributed by atoms with Crippen LogP contribution in [0.1, 0.15) is 37.3 Å². The summed E-state index contributed by atoms with van der Waals surface area (Å²) in [5.74, 6) is 0. The lowest BCUT2D eigenvalue weighted by atomic mass is 10.1. The first-order valence-electron chi connectivity index (χ1n) is 7.62.